The molecule has 0 radical (unpaired) electrons. The predicted molar refractivity (Wildman–Crippen MR) is 64.6 cm³/mol. The SMILES string of the molecule is C[C@H](CC#N)[C@H](NC(=O)c1ccc(F)cc1F)C(=O)O. The fraction of sp³-hybridized carbons (Fsp3) is 0.308. The Morgan fingerprint density at radius 3 is 2.60 bits per heavy atom. The number of nitrogens with one attached hydrogen (secondary N) is 1. The number of carbonyl (C=O) groups excluding carboxylic acids is 1. The van der Waals surface area contributed by atoms with Crippen LogP contribution in [0.15, 0.2) is 18.2 Å². The van der Waals surface area contributed by atoms with Gasteiger partial charge in [0.2, 0.25) is 0 Å². The molecule has 0 saturated carbocycles. The van der Waals surface area contributed by atoms with E-state index < -0.39 is 41.0 Å². The van der Waals surface area contributed by atoms with E-state index in [-0.39, 0.29) is 6.42 Å². The summed E-state index contributed by atoms with van der Waals surface area (Å²) in [6.07, 6.45) is -0.0802. The maximum Gasteiger partial charge on any atom is 0.326 e. The summed E-state index contributed by atoms with van der Waals surface area (Å²) in [4.78, 5) is 22.8. The minimum Gasteiger partial charge on any atom is -0.480 e. The second-order valence-electron chi connectivity index (χ2n) is 4.25. The number of carboxylic acid groups (broad SMARTS) is 1. The Morgan fingerprint density at radius 2 is 2.10 bits per heavy atom. The Labute approximate surface area is 113 Å². The van der Waals surface area contributed by atoms with Crippen molar-refractivity contribution in [1.29, 1.82) is 5.26 Å². The number of halogens is 2. The highest BCUT2D eigenvalue weighted by Crippen LogP contribution is 2.12. The van der Waals surface area contributed by atoms with E-state index in [9.17, 15) is 18.4 Å². The molecule has 0 aliphatic rings. The van der Waals surface area contributed by atoms with Crippen molar-refractivity contribution in [3.8, 4) is 6.07 Å². The molecule has 2 atom stereocenters. The number of benzene rings is 1. The number of amides is 1. The van der Waals surface area contributed by atoms with Crippen molar-refractivity contribution in [2.75, 3.05) is 0 Å². The summed E-state index contributed by atoms with van der Waals surface area (Å²) in [5.41, 5.74) is -0.457. The monoisotopic (exact) mass is 282 g/mol. The molecule has 1 aromatic rings. The van der Waals surface area contributed by atoms with Crippen LogP contribution in [0.3, 0.4) is 0 Å². The summed E-state index contributed by atoms with van der Waals surface area (Å²) in [6.45, 7) is 1.48. The third-order valence-electron chi connectivity index (χ3n) is 2.71. The molecule has 0 aliphatic carbocycles. The van der Waals surface area contributed by atoms with Crippen molar-refractivity contribution >= 4 is 11.9 Å². The van der Waals surface area contributed by atoms with E-state index in [1.54, 1.807) is 6.07 Å². The standard InChI is InChI=1S/C13H12F2N2O3/c1-7(4-5-16)11(13(19)20)17-12(18)9-3-2-8(14)6-10(9)15/h2-3,6-7,11H,4H2,1H3,(H,17,18)(H,19,20)/t7-,11+/m1/s1. The zero-order chi connectivity index (χ0) is 15.3. The normalized spacial score (nSPS) is 13.1. The number of carboxylic acids is 1. The molecule has 1 aromatic carbocycles. The molecule has 0 aliphatic heterocycles. The van der Waals surface area contributed by atoms with Crippen LogP contribution in [0.4, 0.5) is 8.78 Å². The molecule has 0 saturated heterocycles. The topological polar surface area (TPSA) is 90.2 Å². The van der Waals surface area contributed by atoms with Crippen LogP contribution in [0.25, 0.3) is 0 Å². The maximum absolute atomic E-state index is 13.4. The molecule has 1 amide bonds. The molecule has 0 unspecified atom stereocenters. The Morgan fingerprint density at radius 1 is 1.45 bits per heavy atom. The summed E-state index contributed by atoms with van der Waals surface area (Å²) < 4.78 is 26.1. The highest BCUT2D eigenvalue weighted by Gasteiger charge is 2.27. The second-order valence-corrected chi connectivity index (χ2v) is 4.25. The molecule has 0 fully saturated rings. The lowest BCUT2D eigenvalue weighted by Crippen LogP contribution is -2.45. The Hall–Kier alpha value is -2.49. The van der Waals surface area contributed by atoms with Crippen molar-refractivity contribution in [3.05, 3.63) is 35.4 Å². The first-order valence-corrected chi connectivity index (χ1v) is 5.72. The zero-order valence-electron chi connectivity index (χ0n) is 10.6. The van der Waals surface area contributed by atoms with Crippen molar-refractivity contribution in [3.63, 3.8) is 0 Å². The van der Waals surface area contributed by atoms with Crippen LogP contribution in [0.1, 0.15) is 23.7 Å². The van der Waals surface area contributed by atoms with Crippen molar-refractivity contribution in [2.45, 2.75) is 19.4 Å². The lowest BCUT2D eigenvalue weighted by atomic mass is 9.98. The van der Waals surface area contributed by atoms with E-state index in [1.807, 2.05) is 0 Å². The summed E-state index contributed by atoms with van der Waals surface area (Å²) in [5.74, 6) is -4.88. The zero-order valence-corrected chi connectivity index (χ0v) is 10.6. The van der Waals surface area contributed by atoms with Gasteiger partial charge in [-0.3, -0.25) is 4.79 Å². The van der Waals surface area contributed by atoms with E-state index in [1.165, 1.54) is 6.92 Å². The highest BCUT2D eigenvalue weighted by molar-refractivity contribution is 5.96. The third-order valence-corrected chi connectivity index (χ3v) is 2.71. The molecule has 7 heteroatoms. The molecular weight excluding hydrogens is 270 g/mol. The smallest absolute Gasteiger partial charge is 0.326 e. The van der Waals surface area contributed by atoms with Gasteiger partial charge in [0.1, 0.15) is 17.7 Å². The Kier molecular flexibility index (Phi) is 5.15. The molecular formula is C13H12F2N2O3. The molecule has 0 aromatic heterocycles. The van der Waals surface area contributed by atoms with Gasteiger partial charge in [0.15, 0.2) is 0 Å². The van der Waals surface area contributed by atoms with Gasteiger partial charge in [-0.2, -0.15) is 5.26 Å². The van der Waals surface area contributed by atoms with E-state index >= 15 is 0 Å². The molecule has 2 N–H and O–H groups in total. The van der Waals surface area contributed by atoms with Gasteiger partial charge >= 0.3 is 5.97 Å². The maximum atomic E-state index is 13.4. The first-order chi connectivity index (χ1) is 9.36. The van der Waals surface area contributed by atoms with Crippen LogP contribution in [0.5, 0.6) is 0 Å². The molecule has 1 rings (SSSR count). The van der Waals surface area contributed by atoms with Gasteiger partial charge in [0, 0.05) is 18.4 Å². The number of nitrogens with zero attached hydrogens (tertiary/aromatic N) is 1. The Bertz CT molecular complexity index is 569. The number of rotatable bonds is 5. The third kappa shape index (κ3) is 3.75. The van der Waals surface area contributed by atoms with Gasteiger partial charge in [-0.25, -0.2) is 13.6 Å². The summed E-state index contributed by atoms with van der Waals surface area (Å²) in [7, 11) is 0. The first kappa shape index (κ1) is 15.6. The molecule has 5 nitrogen and oxygen atoms in total. The lowest BCUT2D eigenvalue weighted by Gasteiger charge is -2.19. The summed E-state index contributed by atoms with van der Waals surface area (Å²) in [6, 6.07) is 2.82. The minimum atomic E-state index is -1.33. The number of hydrogen-bond donors (Lipinski definition) is 2. The van der Waals surface area contributed by atoms with Gasteiger partial charge in [-0.1, -0.05) is 6.92 Å². The highest BCUT2D eigenvalue weighted by atomic mass is 19.1. The van der Waals surface area contributed by atoms with Crippen molar-refractivity contribution in [2.24, 2.45) is 5.92 Å². The largest absolute Gasteiger partial charge is 0.480 e. The number of nitriles is 1. The number of hydrogen-bond acceptors (Lipinski definition) is 3. The van der Waals surface area contributed by atoms with Gasteiger partial charge in [0.25, 0.3) is 5.91 Å². The number of aliphatic carboxylic acids is 1. The van der Waals surface area contributed by atoms with Crippen molar-refractivity contribution < 1.29 is 23.5 Å². The average molecular weight is 282 g/mol. The molecule has 0 heterocycles. The van der Waals surface area contributed by atoms with E-state index in [0.717, 1.165) is 12.1 Å². The van der Waals surface area contributed by atoms with Gasteiger partial charge in [-0.05, 0) is 12.1 Å². The average Bonchev–Trinajstić information content (AvgIpc) is 2.35. The van der Waals surface area contributed by atoms with Crippen LogP contribution in [-0.4, -0.2) is 23.0 Å². The summed E-state index contributed by atoms with van der Waals surface area (Å²) in [5, 5.41) is 19.7. The molecule has 0 spiro atoms. The lowest BCUT2D eigenvalue weighted by molar-refractivity contribution is -0.140. The van der Waals surface area contributed by atoms with Crippen LogP contribution < -0.4 is 5.32 Å². The van der Waals surface area contributed by atoms with Crippen molar-refractivity contribution in [1.82, 2.24) is 5.32 Å². The second kappa shape index (κ2) is 6.61. The van der Waals surface area contributed by atoms with Crippen LogP contribution in [0, 0.1) is 28.9 Å². The Balaban J connectivity index is 2.91. The molecule has 20 heavy (non-hydrogen) atoms. The first-order valence-electron chi connectivity index (χ1n) is 5.72. The van der Waals surface area contributed by atoms with E-state index in [0.29, 0.717) is 6.07 Å². The van der Waals surface area contributed by atoms with Gasteiger partial charge in [0.05, 0.1) is 11.6 Å². The fourth-order valence-electron chi connectivity index (χ4n) is 1.60. The predicted octanol–water partition coefficient (Wildman–Crippen LogP) is 1.70. The fourth-order valence-corrected chi connectivity index (χ4v) is 1.60. The summed E-state index contributed by atoms with van der Waals surface area (Å²) >= 11 is 0. The number of carbonyl (C=O) groups is 2. The van der Waals surface area contributed by atoms with Crippen LogP contribution in [0.2, 0.25) is 0 Å². The van der Waals surface area contributed by atoms with Crippen LogP contribution in [-0.2, 0) is 4.79 Å². The molecule has 0 bridgehead atoms. The minimum absolute atomic E-state index is 0.0802. The van der Waals surface area contributed by atoms with Crippen LogP contribution >= 0.6 is 0 Å². The van der Waals surface area contributed by atoms with Gasteiger partial charge in [-0.15, -0.1) is 0 Å². The van der Waals surface area contributed by atoms with E-state index in [4.69, 9.17) is 10.4 Å². The quantitative estimate of drug-likeness (QED) is 0.860. The molecule has 106 valence electrons. The van der Waals surface area contributed by atoms with E-state index in [2.05, 4.69) is 5.32 Å². The van der Waals surface area contributed by atoms with Gasteiger partial charge < -0.3 is 10.4 Å².